The first-order valence-corrected chi connectivity index (χ1v) is 10.4. The predicted octanol–water partition coefficient (Wildman–Crippen LogP) is 2.93. The minimum absolute atomic E-state index is 0.0393. The van der Waals surface area contributed by atoms with Crippen LogP contribution in [0.15, 0.2) is 59.7 Å². The van der Waals surface area contributed by atoms with Crippen LogP contribution in [-0.2, 0) is 16.7 Å². The summed E-state index contributed by atoms with van der Waals surface area (Å²) in [7, 11) is 0. The quantitative estimate of drug-likeness (QED) is 0.595. The summed E-state index contributed by atoms with van der Waals surface area (Å²) < 4.78 is 6.58. The van der Waals surface area contributed by atoms with E-state index in [1.807, 2.05) is 30.3 Å². The highest BCUT2D eigenvalue weighted by Crippen LogP contribution is 2.34. The molecule has 0 radical (unpaired) electrons. The minimum atomic E-state index is -0.607. The van der Waals surface area contributed by atoms with Gasteiger partial charge in [0.2, 0.25) is 0 Å². The lowest BCUT2D eigenvalue weighted by atomic mass is 9.76. The molecule has 3 aromatic rings. The second kappa shape index (κ2) is 8.70. The van der Waals surface area contributed by atoms with E-state index in [1.54, 1.807) is 31.5 Å². The number of pyridine rings is 3. The fraction of sp³-hybridized carbons (Fsp3) is 0.333. The van der Waals surface area contributed by atoms with E-state index in [0.29, 0.717) is 19.4 Å². The standard InChI is InChI=1S/C24H24N4O3/c1-2-31-23(30)19-15-18(20-7-4-6-12-28(20)22(19)29)16-27-13-9-24(17-25,10-14-27)21-8-3-5-11-26-21/h3-8,11-12,15H,2,9-10,13-14,16H2,1H3. The molecule has 1 fully saturated rings. The summed E-state index contributed by atoms with van der Waals surface area (Å²) in [5, 5.41) is 9.89. The number of carbonyl (C=O) groups excluding carboxylic acids is 1. The number of nitrogens with zero attached hydrogens (tertiary/aromatic N) is 4. The van der Waals surface area contributed by atoms with E-state index in [4.69, 9.17) is 4.74 Å². The molecule has 4 heterocycles. The molecule has 1 saturated heterocycles. The van der Waals surface area contributed by atoms with Crippen LogP contribution < -0.4 is 5.56 Å². The molecule has 0 spiro atoms. The number of esters is 1. The number of piperidine rings is 1. The van der Waals surface area contributed by atoms with Crippen molar-refractivity contribution in [3.8, 4) is 6.07 Å². The number of likely N-dealkylation sites (tertiary alicyclic amines) is 1. The van der Waals surface area contributed by atoms with Crippen molar-refractivity contribution in [2.75, 3.05) is 19.7 Å². The largest absolute Gasteiger partial charge is 0.462 e. The van der Waals surface area contributed by atoms with E-state index in [1.165, 1.54) is 4.40 Å². The van der Waals surface area contributed by atoms with Gasteiger partial charge in [-0.2, -0.15) is 5.26 Å². The van der Waals surface area contributed by atoms with Crippen molar-refractivity contribution < 1.29 is 9.53 Å². The minimum Gasteiger partial charge on any atom is -0.462 e. The molecule has 31 heavy (non-hydrogen) atoms. The maximum Gasteiger partial charge on any atom is 0.343 e. The summed E-state index contributed by atoms with van der Waals surface area (Å²) in [4.78, 5) is 31.8. The Hall–Kier alpha value is -3.50. The monoisotopic (exact) mass is 416 g/mol. The summed E-state index contributed by atoms with van der Waals surface area (Å²) >= 11 is 0. The van der Waals surface area contributed by atoms with Crippen molar-refractivity contribution in [2.45, 2.75) is 31.7 Å². The highest BCUT2D eigenvalue weighted by Gasteiger charge is 2.37. The van der Waals surface area contributed by atoms with Crippen molar-refractivity contribution in [2.24, 2.45) is 0 Å². The zero-order valence-corrected chi connectivity index (χ0v) is 17.5. The first-order valence-electron chi connectivity index (χ1n) is 10.4. The number of hydrogen-bond donors (Lipinski definition) is 0. The molecule has 1 aliphatic heterocycles. The number of nitriles is 1. The van der Waals surface area contributed by atoms with E-state index < -0.39 is 11.4 Å². The number of hydrogen-bond acceptors (Lipinski definition) is 6. The second-order valence-electron chi connectivity index (χ2n) is 7.75. The molecule has 7 nitrogen and oxygen atoms in total. The summed E-state index contributed by atoms with van der Waals surface area (Å²) in [5.74, 6) is -0.607. The number of rotatable bonds is 5. The van der Waals surface area contributed by atoms with Crippen LogP contribution in [0.1, 0.15) is 41.4 Å². The fourth-order valence-corrected chi connectivity index (χ4v) is 4.21. The molecule has 0 atom stereocenters. The van der Waals surface area contributed by atoms with Gasteiger partial charge in [0.15, 0.2) is 0 Å². The summed E-state index contributed by atoms with van der Waals surface area (Å²) in [6, 6.07) is 15.4. The molecular weight excluding hydrogens is 392 g/mol. The molecule has 7 heteroatoms. The lowest BCUT2D eigenvalue weighted by molar-refractivity contribution is 0.0524. The summed E-state index contributed by atoms with van der Waals surface area (Å²) in [5.41, 5.74) is 1.54. The van der Waals surface area contributed by atoms with Crippen LogP contribution in [-0.4, -0.2) is 40.0 Å². The van der Waals surface area contributed by atoms with Gasteiger partial charge in [-0.15, -0.1) is 0 Å². The van der Waals surface area contributed by atoms with Gasteiger partial charge in [0, 0.05) is 32.0 Å². The Bertz CT molecular complexity index is 1190. The van der Waals surface area contributed by atoms with E-state index in [2.05, 4.69) is 16.0 Å². The number of fused-ring (bicyclic) bond motifs is 1. The molecule has 0 aromatic carbocycles. The number of aromatic nitrogens is 2. The van der Waals surface area contributed by atoms with E-state index in [9.17, 15) is 14.9 Å². The number of carbonyl (C=O) groups is 1. The van der Waals surface area contributed by atoms with E-state index in [-0.39, 0.29) is 17.7 Å². The molecule has 0 N–H and O–H groups in total. The Kier molecular flexibility index (Phi) is 5.83. The molecule has 0 aliphatic carbocycles. The van der Waals surface area contributed by atoms with Gasteiger partial charge in [-0.3, -0.25) is 19.1 Å². The maximum atomic E-state index is 12.8. The molecule has 1 aliphatic rings. The Morgan fingerprint density at radius 1 is 1.23 bits per heavy atom. The third-order valence-electron chi connectivity index (χ3n) is 5.92. The molecule has 0 saturated carbocycles. The van der Waals surface area contributed by atoms with Crippen molar-refractivity contribution in [1.29, 1.82) is 5.26 Å². The van der Waals surface area contributed by atoms with Crippen LogP contribution in [0.2, 0.25) is 0 Å². The molecule has 3 aromatic heterocycles. The average molecular weight is 416 g/mol. The SMILES string of the molecule is CCOC(=O)c1cc(CN2CCC(C#N)(c3ccccn3)CC2)c2ccccn2c1=O. The summed E-state index contributed by atoms with van der Waals surface area (Å²) in [6.07, 6.45) is 4.75. The van der Waals surface area contributed by atoms with Crippen molar-refractivity contribution in [1.82, 2.24) is 14.3 Å². The molecule has 0 unspecified atom stereocenters. The summed E-state index contributed by atoms with van der Waals surface area (Å²) in [6.45, 7) is 3.94. The third-order valence-corrected chi connectivity index (χ3v) is 5.92. The van der Waals surface area contributed by atoms with Crippen LogP contribution in [0.5, 0.6) is 0 Å². The zero-order chi connectivity index (χ0) is 21.8. The van der Waals surface area contributed by atoms with Gasteiger partial charge in [0.25, 0.3) is 5.56 Å². The average Bonchev–Trinajstić information content (AvgIpc) is 2.82. The number of ether oxygens (including phenoxy) is 1. The van der Waals surface area contributed by atoms with Gasteiger partial charge < -0.3 is 4.74 Å². The molecule has 4 rings (SSSR count). The van der Waals surface area contributed by atoms with Gasteiger partial charge in [-0.25, -0.2) is 4.79 Å². The molecule has 0 amide bonds. The van der Waals surface area contributed by atoms with Gasteiger partial charge in [-0.05, 0) is 55.7 Å². The molecular formula is C24H24N4O3. The topological polar surface area (TPSA) is 87.7 Å². The van der Waals surface area contributed by atoms with Crippen LogP contribution in [0, 0.1) is 11.3 Å². The lowest BCUT2D eigenvalue weighted by Gasteiger charge is -2.37. The highest BCUT2D eigenvalue weighted by atomic mass is 16.5. The van der Waals surface area contributed by atoms with Gasteiger partial charge >= 0.3 is 5.97 Å². The highest BCUT2D eigenvalue weighted by molar-refractivity contribution is 5.90. The van der Waals surface area contributed by atoms with Gasteiger partial charge in [0.05, 0.1) is 23.9 Å². The normalized spacial score (nSPS) is 16.0. The first kappa shape index (κ1) is 20.8. The van der Waals surface area contributed by atoms with E-state index in [0.717, 1.165) is 29.9 Å². The predicted molar refractivity (Wildman–Crippen MR) is 116 cm³/mol. The Balaban J connectivity index is 1.61. The van der Waals surface area contributed by atoms with Crippen LogP contribution in [0.3, 0.4) is 0 Å². The Morgan fingerprint density at radius 3 is 2.68 bits per heavy atom. The van der Waals surface area contributed by atoms with Crippen molar-refractivity contribution in [3.63, 3.8) is 0 Å². The molecule has 158 valence electrons. The van der Waals surface area contributed by atoms with Crippen LogP contribution in [0.25, 0.3) is 5.52 Å². The van der Waals surface area contributed by atoms with Gasteiger partial charge in [0.1, 0.15) is 11.0 Å². The fourth-order valence-electron chi connectivity index (χ4n) is 4.21. The van der Waals surface area contributed by atoms with Crippen LogP contribution in [0.4, 0.5) is 0 Å². The second-order valence-corrected chi connectivity index (χ2v) is 7.75. The lowest BCUT2D eigenvalue weighted by Crippen LogP contribution is -2.42. The van der Waals surface area contributed by atoms with Gasteiger partial charge in [-0.1, -0.05) is 12.1 Å². The molecule has 0 bridgehead atoms. The van der Waals surface area contributed by atoms with Crippen LogP contribution >= 0.6 is 0 Å². The zero-order valence-electron chi connectivity index (χ0n) is 17.5. The Labute approximate surface area is 180 Å². The Morgan fingerprint density at radius 2 is 2.00 bits per heavy atom. The van der Waals surface area contributed by atoms with Crippen molar-refractivity contribution >= 4 is 11.5 Å². The first-order chi connectivity index (χ1) is 15.1. The van der Waals surface area contributed by atoms with Crippen molar-refractivity contribution in [3.05, 3.63) is 82.0 Å². The van der Waals surface area contributed by atoms with E-state index >= 15 is 0 Å². The maximum absolute atomic E-state index is 12.8. The smallest absolute Gasteiger partial charge is 0.343 e. The third kappa shape index (κ3) is 3.94.